The van der Waals surface area contributed by atoms with Crippen molar-refractivity contribution >= 4 is 33.4 Å². The highest BCUT2D eigenvalue weighted by Gasteiger charge is 2.40. The maximum atomic E-state index is 12.8. The number of nitrogens with zero attached hydrogens (tertiary/aromatic N) is 2. The van der Waals surface area contributed by atoms with Crippen LogP contribution in [0.2, 0.25) is 0 Å². The molecule has 0 aliphatic carbocycles. The molecule has 0 spiro atoms. The normalized spacial score (nSPS) is 14.9. The molecule has 1 aliphatic rings. The average molecular weight is 415 g/mol. The highest BCUT2D eigenvalue weighted by atomic mass is 32.2. The lowest BCUT2D eigenvalue weighted by Gasteiger charge is -2.22. The zero-order valence-electron chi connectivity index (χ0n) is 16.5. The summed E-state index contributed by atoms with van der Waals surface area (Å²) in [5, 5.41) is 2.64. The highest BCUT2D eigenvalue weighted by molar-refractivity contribution is 7.89. The molecule has 0 saturated heterocycles. The Balaban J connectivity index is 1.86. The number of hydrogen-bond donors (Lipinski definition) is 1. The summed E-state index contributed by atoms with van der Waals surface area (Å²) in [5.74, 6) is -1.66. The summed E-state index contributed by atoms with van der Waals surface area (Å²) in [5.41, 5.74) is 1.45. The molecule has 1 aliphatic heterocycles. The van der Waals surface area contributed by atoms with Crippen molar-refractivity contribution in [3.63, 3.8) is 0 Å². The largest absolute Gasteiger partial charge is 0.324 e. The lowest BCUT2D eigenvalue weighted by molar-refractivity contribution is -0.119. The third kappa shape index (κ3) is 3.54. The third-order valence-corrected chi connectivity index (χ3v) is 6.65. The van der Waals surface area contributed by atoms with Crippen LogP contribution >= 0.6 is 0 Å². The SMILES string of the molecule is Cc1ccc(S(=O)(=O)N(C)C)cc1NC(=O)C(C)N1C(=O)c2ccccc2C1=O. The summed E-state index contributed by atoms with van der Waals surface area (Å²) in [6.07, 6.45) is 0. The minimum atomic E-state index is -3.68. The Kier molecular flexibility index (Phi) is 5.29. The monoisotopic (exact) mass is 415 g/mol. The molecule has 152 valence electrons. The van der Waals surface area contributed by atoms with Gasteiger partial charge in [-0.15, -0.1) is 0 Å². The molecule has 3 amide bonds. The lowest BCUT2D eigenvalue weighted by Crippen LogP contribution is -2.45. The number of rotatable bonds is 5. The van der Waals surface area contributed by atoms with E-state index in [0.29, 0.717) is 11.3 Å². The van der Waals surface area contributed by atoms with Crippen LogP contribution in [0.3, 0.4) is 0 Å². The van der Waals surface area contributed by atoms with Crippen LogP contribution in [0.1, 0.15) is 33.2 Å². The first-order valence-electron chi connectivity index (χ1n) is 8.86. The number of amides is 3. The van der Waals surface area contributed by atoms with Crippen molar-refractivity contribution in [3.05, 3.63) is 59.2 Å². The molecule has 0 fully saturated rings. The lowest BCUT2D eigenvalue weighted by atomic mass is 10.1. The molecule has 9 heteroatoms. The molecule has 1 N–H and O–H groups in total. The van der Waals surface area contributed by atoms with Crippen LogP contribution in [-0.4, -0.2) is 55.5 Å². The maximum absolute atomic E-state index is 12.8. The number of benzene rings is 2. The molecule has 1 atom stereocenters. The molecule has 0 radical (unpaired) electrons. The number of carbonyl (C=O) groups excluding carboxylic acids is 3. The van der Waals surface area contributed by atoms with E-state index in [2.05, 4.69) is 5.32 Å². The molecular formula is C20H21N3O5S. The smallest absolute Gasteiger partial charge is 0.262 e. The van der Waals surface area contributed by atoms with Gasteiger partial charge >= 0.3 is 0 Å². The number of hydrogen-bond acceptors (Lipinski definition) is 5. The van der Waals surface area contributed by atoms with E-state index in [1.807, 2.05) is 0 Å². The fourth-order valence-electron chi connectivity index (χ4n) is 3.02. The van der Waals surface area contributed by atoms with Crippen LogP contribution in [0.15, 0.2) is 47.4 Å². The quantitative estimate of drug-likeness (QED) is 0.751. The predicted molar refractivity (Wildman–Crippen MR) is 107 cm³/mol. The molecule has 1 heterocycles. The summed E-state index contributed by atoms with van der Waals surface area (Å²) >= 11 is 0. The van der Waals surface area contributed by atoms with E-state index in [4.69, 9.17) is 0 Å². The second kappa shape index (κ2) is 7.41. The van der Waals surface area contributed by atoms with Gasteiger partial charge in [0, 0.05) is 19.8 Å². The number of anilines is 1. The molecule has 3 rings (SSSR count). The van der Waals surface area contributed by atoms with Gasteiger partial charge in [0.2, 0.25) is 15.9 Å². The summed E-state index contributed by atoms with van der Waals surface area (Å²) < 4.78 is 25.8. The van der Waals surface area contributed by atoms with E-state index < -0.39 is 33.8 Å². The Morgan fingerprint density at radius 2 is 1.59 bits per heavy atom. The predicted octanol–water partition coefficient (Wildman–Crippen LogP) is 1.87. The van der Waals surface area contributed by atoms with Gasteiger partial charge in [0.1, 0.15) is 6.04 Å². The van der Waals surface area contributed by atoms with Crippen molar-refractivity contribution < 1.29 is 22.8 Å². The number of fused-ring (bicyclic) bond motifs is 1. The number of nitrogens with one attached hydrogen (secondary N) is 1. The zero-order chi connectivity index (χ0) is 21.5. The summed E-state index contributed by atoms with van der Waals surface area (Å²) in [6, 6.07) is 9.71. The van der Waals surface area contributed by atoms with Gasteiger partial charge in [-0.1, -0.05) is 18.2 Å². The molecule has 2 aromatic rings. The number of sulfonamides is 1. The molecule has 8 nitrogen and oxygen atoms in total. The number of aryl methyl sites for hydroxylation is 1. The van der Waals surface area contributed by atoms with Gasteiger partial charge in [0.05, 0.1) is 16.0 Å². The van der Waals surface area contributed by atoms with Gasteiger partial charge in [0.25, 0.3) is 11.8 Å². The van der Waals surface area contributed by atoms with Crippen LogP contribution in [0.5, 0.6) is 0 Å². The molecule has 1 unspecified atom stereocenters. The first kappa shape index (κ1) is 20.7. The first-order valence-corrected chi connectivity index (χ1v) is 10.3. The highest BCUT2D eigenvalue weighted by Crippen LogP contribution is 2.26. The van der Waals surface area contributed by atoms with Gasteiger partial charge < -0.3 is 5.32 Å². The Hall–Kier alpha value is -3.04. The van der Waals surface area contributed by atoms with Gasteiger partial charge in [-0.05, 0) is 43.7 Å². The second-order valence-corrected chi connectivity index (χ2v) is 9.11. The Labute approximate surface area is 169 Å². The van der Waals surface area contributed by atoms with Crippen molar-refractivity contribution in [2.75, 3.05) is 19.4 Å². The van der Waals surface area contributed by atoms with E-state index >= 15 is 0 Å². The minimum absolute atomic E-state index is 0.0248. The van der Waals surface area contributed by atoms with Crippen LogP contribution in [0, 0.1) is 6.92 Å². The molecule has 0 aromatic heterocycles. The van der Waals surface area contributed by atoms with Crippen LogP contribution in [0.25, 0.3) is 0 Å². The fraction of sp³-hybridized carbons (Fsp3) is 0.250. The average Bonchev–Trinajstić information content (AvgIpc) is 2.93. The Morgan fingerprint density at radius 1 is 1.03 bits per heavy atom. The summed E-state index contributed by atoms with van der Waals surface area (Å²) in [4.78, 5) is 38.9. The molecule has 0 bridgehead atoms. The van der Waals surface area contributed by atoms with Crippen molar-refractivity contribution in [1.82, 2.24) is 9.21 Å². The van der Waals surface area contributed by atoms with E-state index in [1.54, 1.807) is 37.3 Å². The Bertz CT molecular complexity index is 1090. The first-order chi connectivity index (χ1) is 13.6. The minimum Gasteiger partial charge on any atom is -0.324 e. The van der Waals surface area contributed by atoms with E-state index in [1.165, 1.54) is 33.2 Å². The topological polar surface area (TPSA) is 104 Å². The van der Waals surface area contributed by atoms with Crippen molar-refractivity contribution in [1.29, 1.82) is 0 Å². The molecule has 29 heavy (non-hydrogen) atoms. The van der Waals surface area contributed by atoms with Gasteiger partial charge in [-0.3, -0.25) is 19.3 Å². The zero-order valence-corrected chi connectivity index (χ0v) is 17.3. The van der Waals surface area contributed by atoms with Crippen LogP contribution in [0.4, 0.5) is 5.69 Å². The molecular weight excluding hydrogens is 394 g/mol. The van der Waals surface area contributed by atoms with Crippen molar-refractivity contribution in [3.8, 4) is 0 Å². The van der Waals surface area contributed by atoms with E-state index in [-0.39, 0.29) is 16.0 Å². The molecule has 0 saturated carbocycles. The third-order valence-electron chi connectivity index (χ3n) is 4.84. The van der Waals surface area contributed by atoms with Crippen molar-refractivity contribution in [2.45, 2.75) is 24.8 Å². The molecule has 2 aromatic carbocycles. The number of imide groups is 1. The van der Waals surface area contributed by atoms with Gasteiger partial charge in [-0.25, -0.2) is 12.7 Å². The van der Waals surface area contributed by atoms with E-state index in [9.17, 15) is 22.8 Å². The maximum Gasteiger partial charge on any atom is 0.262 e. The standard InChI is InChI=1S/C20H21N3O5S/c1-12-9-10-14(29(27,28)22(3)4)11-17(12)21-18(24)13(2)23-19(25)15-7-5-6-8-16(15)20(23)26/h5-11,13H,1-4H3,(H,21,24). The summed E-state index contributed by atoms with van der Waals surface area (Å²) in [6.45, 7) is 3.17. The summed E-state index contributed by atoms with van der Waals surface area (Å²) in [7, 11) is -0.849. The van der Waals surface area contributed by atoms with Crippen LogP contribution < -0.4 is 5.32 Å². The van der Waals surface area contributed by atoms with Crippen molar-refractivity contribution in [2.24, 2.45) is 0 Å². The van der Waals surface area contributed by atoms with Gasteiger partial charge in [0.15, 0.2) is 0 Å². The van der Waals surface area contributed by atoms with E-state index in [0.717, 1.165) is 9.21 Å². The Morgan fingerprint density at radius 3 is 2.10 bits per heavy atom. The van der Waals surface area contributed by atoms with Crippen LogP contribution in [-0.2, 0) is 14.8 Å². The van der Waals surface area contributed by atoms with Gasteiger partial charge in [-0.2, -0.15) is 0 Å². The number of carbonyl (C=O) groups is 3. The second-order valence-electron chi connectivity index (χ2n) is 6.96. The fourth-order valence-corrected chi connectivity index (χ4v) is 3.95.